The Balaban J connectivity index is 1.47. The zero-order chi connectivity index (χ0) is 20.9. The predicted molar refractivity (Wildman–Crippen MR) is 113 cm³/mol. The van der Waals surface area contributed by atoms with Gasteiger partial charge in [0.1, 0.15) is 17.1 Å². The normalized spacial score (nSPS) is 17.2. The van der Waals surface area contributed by atoms with Crippen LogP contribution in [0.15, 0.2) is 35.5 Å². The Morgan fingerprint density at radius 3 is 2.80 bits per heavy atom. The summed E-state index contributed by atoms with van der Waals surface area (Å²) in [7, 11) is 0. The molecule has 0 atom stereocenters. The van der Waals surface area contributed by atoms with Crippen molar-refractivity contribution in [3.05, 3.63) is 36.0 Å². The van der Waals surface area contributed by atoms with Crippen LogP contribution < -0.4 is 5.73 Å². The van der Waals surface area contributed by atoms with E-state index in [1.165, 1.54) is 0 Å². The van der Waals surface area contributed by atoms with E-state index in [1.54, 1.807) is 17.1 Å². The molecule has 154 valence electrons. The number of rotatable bonds is 7. The fourth-order valence-electron chi connectivity index (χ4n) is 4.13. The number of carbonyl (C=O) groups is 1. The number of benzene rings is 1. The molecule has 0 spiro atoms. The fraction of sp³-hybridized carbons (Fsp3) is 0.364. The van der Waals surface area contributed by atoms with Crippen LogP contribution in [0.3, 0.4) is 0 Å². The molecule has 2 N–H and O–H groups in total. The van der Waals surface area contributed by atoms with E-state index in [0.717, 1.165) is 32.9 Å². The number of carbonyl (C=O) groups excluding carboxylic acids is 1. The summed E-state index contributed by atoms with van der Waals surface area (Å²) in [5.74, 6) is 0.279. The van der Waals surface area contributed by atoms with Gasteiger partial charge in [-0.2, -0.15) is 5.10 Å². The summed E-state index contributed by atoms with van der Waals surface area (Å²) in [6.07, 6.45) is 4.07. The van der Waals surface area contributed by atoms with E-state index in [-0.39, 0.29) is 18.6 Å². The van der Waals surface area contributed by atoms with Crippen LogP contribution in [0.1, 0.15) is 31.2 Å². The standard InChI is InChI=1S/C22H21F2N5O/c23-19(24)4-3-18(30)22(6-7-22)12-29-11-16-20(28-29)15-2-1-13(14-5-8-26-10-14)9-17(15)27-21(16)25/h1-2,5,8-9,11,19H,3-4,6-7,10,12H2,(H2,25,27). The van der Waals surface area contributed by atoms with Gasteiger partial charge in [0.25, 0.3) is 0 Å². The number of fused-ring (bicyclic) bond motifs is 3. The first-order valence-electron chi connectivity index (χ1n) is 10.0. The number of pyridine rings is 1. The summed E-state index contributed by atoms with van der Waals surface area (Å²) in [5, 5.41) is 6.30. The molecule has 2 aliphatic rings. The summed E-state index contributed by atoms with van der Waals surface area (Å²) >= 11 is 0. The Bertz CT molecular complexity index is 1220. The summed E-state index contributed by atoms with van der Waals surface area (Å²) < 4.78 is 26.7. The van der Waals surface area contributed by atoms with E-state index in [1.807, 2.05) is 24.3 Å². The zero-order valence-electron chi connectivity index (χ0n) is 16.3. The van der Waals surface area contributed by atoms with Gasteiger partial charge in [-0.15, -0.1) is 0 Å². The third-order valence-electron chi connectivity index (χ3n) is 6.04. The van der Waals surface area contributed by atoms with Crippen LogP contribution in [0.4, 0.5) is 14.6 Å². The van der Waals surface area contributed by atoms with Gasteiger partial charge in [-0.3, -0.25) is 14.5 Å². The molecule has 3 heterocycles. The molecule has 1 aromatic carbocycles. The second kappa shape index (κ2) is 6.97. The highest BCUT2D eigenvalue weighted by Crippen LogP contribution is 2.49. The molecule has 6 nitrogen and oxygen atoms in total. The van der Waals surface area contributed by atoms with Gasteiger partial charge in [0.2, 0.25) is 6.43 Å². The van der Waals surface area contributed by atoms with Crippen molar-refractivity contribution < 1.29 is 13.6 Å². The van der Waals surface area contributed by atoms with Crippen LogP contribution in [-0.2, 0) is 11.3 Å². The molecule has 0 unspecified atom stereocenters. The zero-order valence-corrected chi connectivity index (χ0v) is 16.3. The average molecular weight is 409 g/mol. The van der Waals surface area contributed by atoms with Crippen LogP contribution in [0.25, 0.3) is 27.4 Å². The highest BCUT2D eigenvalue weighted by molar-refractivity contribution is 6.08. The lowest BCUT2D eigenvalue weighted by molar-refractivity contribution is -0.125. The number of allylic oxidation sites excluding steroid dienone is 1. The number of ketones is 1. The van der Waals surface area contributed by atoms with Gasteiger partial charge in [-0.25, -0.2) is 13.8 Å². The monoisotopic (exact) mass is 409 g/mol. The van der Waals surface area contributed by atoms with Crippen molar-refractivity contribution in [2.75, 3.05) is 12.3 Å². The number of nitrogens with zero attached hydrogens (tertiary/aromatic N) is 4. The SMILES string of the molecule is Nc1nc2cc(C3=CC=NC3)ccc2c2nn(CC3(C(=O)CCC(F)F)CC3)cc12. The lowest BCUT2D eigenvalue weighted by Crippen LogP contribution is -2.22. The first kappa shape index (κ1) is 18.8. The van der Waals surface area contributed by atoms with Gasteiger partial charge in [0.15, 0.2) is 0 Å². The van der Waals surface area contributed by atoms with Crippen molar-refractivity contribution >= 4 is 45.2 Å². The number of aromatic nitrogens is 3. The smallest absolute Gasteiger partial charge is 0.239 e. The van der Waals surface area contributed by atoms with E-state index in [0.29, 0.717) is 31.7 Å². The minimum atomic E-state index is -2.45. The van der Waals surface area contributed by atoms with Crippen molar-refractivity contribution in [2.45, 2.75) is 38.7 Å². The second-order valence-corrected chi connectivity index (χ2v) is 8.13. The van der Waals surface area contributed by atoms with E-state index in [9.17, 15) is 13.6 Å². The number of hydrogen-bond donors (Lipinski definition) is 1. The number of Topliss-reactive ketones (excluding diaryl/α,β-unsaturated/α-hetero) is 1. The summed E-state index contributed by atoms with van der Waals surface area (Å²) in [5.41, 5.74) is 9.29. The number of hydrogen-bond acceptors (Lipinski definition) is 5. The first-order chi connectivity index (χ1) is 14.4. The highest BCUT2D eigenvalue weighted by Gasteiger charge is 2.49. The molecule has 8 heteroatoms. The van der Waals surface area contributed by atoms with Crippen LogP contribution in [0.5, 0.6) is 0 Å². The lowest BCUT2D eigenvalue weighted by Gasteiger charge is -2.13. The Morgan fingerprint density at radius 1 is 1.27 bits per heavy atom. The molecule has 3 aromatic rings. The Labute approximate surface area is 171 Å². The van der Waals surface area contributed by atoms with Gasteiger partial charge in [-0.1, -0.05) is 6.07 Å². The Morgan fingerprint density at radius 2 is 2.10 bits per heavy atom. The van der Waals surface area contributed by atoms with Crippen molar-refractivity contribution in [1.82, 2.24) is 14.8 Å². The van der Waals surface area contributed by atoms with Crippen molar-refractivity contribution in [3.8, 4) is 0 Å². The third kappa shape index (κ3) is 3.26. The molecule has 1 aliphatic carbocycles. The van der Waals surface area contributed by atoms with Crippen molar-refractivity contribution in [1.29, 1.82) is 0 Å². The maximum absolute atomic E-state index is 12.5. The van der Waals surface area contributed by atoms with Crippen molar-refractivity contribution in [3.63, 3.8) is 0 Å². The highest BCUT2D eigenvalue weighted by atomic mass is 19.3. The number of halogens is 2. The molecule has 0 amide bonds. The largest absolute Gasteiger partial charge is 0.383 e. The molecule has 0 bridgehead atoms. The van der Waals surface area contributed by atoms with Crippen molar-refractivity contribution in [2.24, 2.45) is 10.4 Å². The van der Waals surface area contributed by atoms with Gasteiger partial charge in [-0.05, 0) is 42.2 Å². The molecule has 0 radical (unpaired) electrons. The van der Waals surface area contributed by atoms with Gasteiger partial charge < -0.3 is 5.73 Å². The molecular weight excluding hydrogens is 388 g/mol. The molecule has 2 aromatic heterocycles. The number of alkyl halides is 2. The third-order valence-corrected chi connectivity index (χ3v) is 6.04. The quantitative estimate of drug-likeness (QED) is 0.638. The molecule has 1 saturated carbocycles. The number of nitrogens with two attached hydrogens (primary N) is 1. The number of nitrogen functional groups attached to an aromatic ring is 1. The topological polar surface area (TPSA) is 86.2 Å². The molecule has 1 fully saturated rings. The first-order valence-corrected chi connectivity index (χ1v) is 10.0. The average Bonchev–Trinajstić information content (AvgIpc) is 3.13. The van der Waals surface area contributed by atoms with Gasteiger partial charge in [0, 0.05) is 36.1 Å². The van der Waals surface area contributed by atoms with Gasteiger partial charge in [0.05, 0.1) is 24.0 Å². The molecule has 30 heavy (non-hydrogen) atoms. The van der Waals surface area contributed by atoms with E-state index < -0.39 is 11.8 Å². The fourth-order valence-corrected chi connectivity index (χ4v) is 4.13. The maximum Gasteiger partial charge on any atom is 0.239 e. The van der Waals surface area contributed by atoms with Crippen LogP contribution in [0, 0.1) is 5.41 Å². The van der Waals surface area contributed by atoms with E-state index in [2.05, 4.69) is 15.1 Å². The van der Waals surface area contributed by atoms with E-state index in [4.69, 9.17) is 5.73 Å². The Kier molecular flexibility index (Phi) is 4.38. The summed E-state index contributed by atoms with van der Waals surface area (Å²) in [6, 6.07) is 5.99. The van der Waals surface area contributed by atoms with Gasteiger partial charge >= 0.3 is 0 Å². The lowest BCUT2D eigenvalue weighted by atomic mass is 9.97. The second-order valence-electron chi connectivity index (χ2n) is 8.13. The minimum Gasteiger partial charge on any atom is -0.383 e. The summed E-state index contributed by atoms with van der Waals surface area (Å²) in [4.78, 5) is 21.2. The summed E-state index contributed by atoms with van der Waals surface area (Å²) in [6.45, 7) is 1.03. The molecular formula is C22H21F2N5O. The predicted octanol–water partition coefficient (Wildman–Crippen LogP) is 4.03. The minimum absolute atomic E-state index is 0.0899. The Hall–Kier alpha value is -3.16. The molecule has 1 aliphatic heterocycles. The van der Waals surface area contributed by atoms with Crippen LogP contribution in [-0.4, -0.2) is 39.7 Å². The number of anilines is 1. The van der Waals surface area contributed by atoms with Crippen LogP contribution in [0.2, 0.25) is 0 Å². The number of aliphatic imine (C=N–C) groups is 1. The molecule has 5 rings (SSSR count). The van der Waals surface area contributed by atoms with Crippen LogP contribution >= 0.6 is 0 Å². The molecule has 0 saturated heterocycles. The maximum atomic E-state index is 12.5. The van der Waals surface area contributed by atoms with E-state index >= 15 is 0 Å².